The van der Waals surface area contributed by atoms with Crippen LogP contribution in [0.25, 0.3) is 0 Å². The zero-order valence-corrected chi connectivity index (χ0v) is 11.6. The zero-order chi connectivity index (χ0) is 13.8. The van der Waals surface area contributed by atoms with Crippen LogP contribution in [0, 0.1) is 0 Å². The molecule has 2 heterocycles. The van der Waals surface area contributed by atoms with Crippen molar-refractivity contribution in [3.05, 3.63) is 71.8 Å². The van der Waals surface area contributed by atoms with Crippen LogP contribution in [-0.4, -0.2) is 5.60 Å². The highest BCUT2D eigenvalue weighted by Gasteiger charge is 2.47. The van der Waals surface area contributed by atoms with Crippen LogP contribution in [0.1, 0.15) is 25.0 Å². The number of para-hydroxylation sites is 2. The molecule has 0 aromatic heterocycles. The third-order valence-corrected chi connectivity index (χ3v) is 3.94. The van der Waals surface area contributed by atoms with Gasteiger partial charge in [-0.05, 0) is 32.1 Å². The summed E-state index contributed by atoms with van der Waals surface area (Å²) < 4.78 is 12.5. The maximum atomic E-state index is 6.44. The molecule has 0 radical (unpaired) electrons. The van der Waals surface area contributed by atoms with Gasteiger partial charge in [0, 0.05) is 11.1 Å². The van der Waals surface area contributed by atoms with Gasteiger partial charge >= 0.3 is 0 Å². The highest BCUT2D eigenvalue weighted by molar-refractivity contribution is 5.59. The number of hydrogen-bond acceptors (Lipinski definition) is 2. The Bertz CT molecular complexity index is 667. The van der Waals surface area contributed by atoms with Crippen molar-refractivity contribution in [2.45, 2.75) is 25.0 Å². The first-order chi connectivity index (χ1) is 9.61. The van der Waals surface area contributed by atoms with Crippen LogP contribution >= 0.6 is 0 Å². The lowest BCUT2D eigenvalue weighted by atomic mass is 9.83. The van der Waals surface area contributed by atoms with E-state index in [1.807, 2.05) is 36.4 Å². The summed E-state index contributed by atoms with van der Waals surface area (Å²) in [6, 6.07) is 16.2. The maximum Gasteiger partial charge on any atom is 0.145 e. The average Bonchev–Trinajstić information content (AvgIpc) is 2.76. The highest BCUT2D eigenvalue weighted by Crippen LogP contribution is 2.53. The van der Waals surface area contributed by atoms with Crippen LogP contribution in [0.4, 0.5) is 0 Å². The van der Waals surface area contributed by atoms with Crippen molar-refractivity contribution in [3.8, 4) is 11.5 Å². The predicted molar refractivity (Wildman–Crippen MR) is 78.0 cm³/mol. The van der Waals surface area contributed by atoms with Crippen LogP contribution in [0.2, 0.25) is 0 Å². The Morgan fingerprint density at radius 2 is 1.30 bits per heavy atom. The fourth-order valence-corrected chi connectivity index (χ4v) is 3.08. The molecule has 2 nitrogen and oxygen atoms in total. The average molecular weight is 264 g/mol. The lowest BCUT2D eigenvalue weighted by Crippen LogP contribution is -2.34. The lowest BCUT2D eigenvalue weighted by Gasteiger charge is -2.38. The van der Waals surface area contributed by atoms with Gasteiger partial charge in [0.25, 0.3) is 0 Å². The molecule has 2 aliphatic rings. The minimum absolute atomic E-state index is 0.280. The van der Waals surface area contributed by atoms with Gasteiger partial charge in [-0.15, -0.1) is 0 Å². The SMILES string of the molecule is CC1(C)C=CC2(O1)c1ccccc1Oc1ccccc12. The van der Waals surface area contributed by atoms with Crippen LogP contribution in [0.3, 0.4) is 0 Å². The van der Waals surface area contributed by atoms with Crippen molar-refractivity contribution < 1.29 is 9.47 Å². The van der Waals surface area contributed by atoms with E-state index in [9.17, 15) is 0 Å². The number of benzene rings is 2. The number of hydrogen-bond donors (Lipinski definition) is 0. The first-order valence-electron chi connectivity index (χ1n) is 6.88. The topological polar surface area (TPSA) is 18.5 Å². The van der Waals surface area contributed by atoms with Crippen LogP contribution in [0.15, 0.2) is 60.7 Å². The van der Waals surface area contributed by atoms with Gasteiger partial charge in [0.1, 0.15) is 17.1 Å². The molecule has 0 aliphatic carbocycles. The summed E-state index contributed by atoms with van der Waals surface area (Å²) in [6.07, 6.45) is 4.29. The molecule has 0 saturated heterocycles. The fourth-order valence-electron chi connectivity index (χ4n) is 3.08. The minimum atomic E-state index is -0.533. The fraction of sp³-hybridized carbons (Fsp3) is 0.222. The Kier molecular flexibility index (Phi) is 2.19. The van der Waals surface area contributed by atoms with Gasteiger partial charge in [0.2, 0.25) is 0 Å². The monoisotopic (exact) mass is 264 g/mol. The molecule has 0 bridgehead atoms. The van der Waals surface area contributed by atoms with Gasteiger partial charge < -0.3 is 9.47 Å². The van der Waals surface area contributed by atoms with E-state index in [4.69, 9.17) is 9.47 Å². The molecular weight excluding hydrogens is 248 g/mol. The van der Waals surface area contributed by atoms with E-state index in [-0.39, 0.29) is 5.60 Å². The normalized spacial score (nSPS) is 20.3. The smallest absolute Gasteiger partial charge is 0.145 e. The van der Waals surface area contributed by atoms with Crippen molar-refractivity contribution in [1.29, 1.82) is 0 Å². The van der Waals surface area contributed by atoms with E-state index in [2.05, 4.69) is 38.1 Å². The van der Waals surface area contributed by atoms with E-state index in [0.717, 1.165) is 22.6 Å². The largest absolute Gasteiger partial charge is 0.457 e. The molecule has 0 unspecified atom stereocenters. The van der Waals surface area contributed by atoms with E-state index in [1.165, 1.54) is 0 Å². The molecule has 0 atom stereocenters. The number of ether oxygens (including phenoxy) is 2. The van der Waals surface area contributed by atoms with Crippen LogP contribution in [0.5, 0.6) is 11.5 Å². The molecule has 0 saturated carbocycles. The van der Waals surface area contributed by atoms with Gasteiger partial charge in [-0.25, -0.2) is 0 Å². The molecule has 2 aromatic rings. The van der Waals surface area contributed by atoms with E-state index >= 15 is 0 Å². The Morgan fingerprint density at radius 3 is 1.80 bits per heavy atom. The second-order valence-electron chi connectivity index (χ2n) is 5.87. The standard InChI is InChI=1S/C18H16O2/c1-17(2)11-12-18(20-17)13-7-3-5-9-15(13)19-16-10-6-4-8-14(16)18/h3-12H,1-2H3. The van der Waals surface area contributed by atoms with Crippen molar-refractivity contribution in [2.75, 3.05) is 0 Å². The molecule has 0 N–H and O–H groups in total. The molecule has 1 spiro atoms. The first kappa shape index (κ1) is 11.7. The summed E-state index contributed by atoms with van der Waals surface area (Å²) in [5.41, 5.74) is 1.33. The number of rotatable bonds is 0. The Morgan fingerprint density at radius 1 is 0.750 bits per heavy atom. The third kappa shape index (κ3) is 1.49. The molecule has 100 valence electrons. The van der Waals surface area contributed by atoms with E-state index in [1.54, 1.807) is 0 Å². The molecule has 2 aliphatic heterocycles. The molecule has 0 amide bonds. The molecule has 4 rings (SSSR count). The second-order valence-corrected chi connectivity index (χ2v) is 5.87. The first-order valence-corrected chi connectivity index (χ1v) is 6.88. The van der Waals surface area contributed by atoms with Gasteiger partial charge in [-0.1, -0.05) is 42.5 Å². The van der Waals surface area contributed by atoms with E-state index < -0.39 is 5.60 Å². The summed E-state index contributed by atoms with van der Waals surface area (Å²) in [7, 11) is 0. The summed E-state index contributed by atoms with van der Waals surface area (Å²) in [5, 5.41) is 0. The quantitative estimate of drug-likeness (QED) is 0.656. The summed E-state index contributed by atoms with van der Waals surface area (Å²) >= 11 is 0. The number of fused-ring (bicyclic) bond motifs is 4. The molecule has 0 fully saturated rings. The minimum Gasteiger partial charge on any atom is -0.457 e. The zero-order valence-electron chi connectivity index (χ0n) is 11.6. The summed E-state index contributed by atoms with van der Waals surface area (Å²) in [5.74, 6) is 1.74. The molecule has 2 heteroatoms. The maximum absolute atomic E-state index is 6.44. The predicted octanol–water partition coefficient (Wildman–Crippen LogP) is 4.40. The molecule has 2 aromatic carbocycles. The Balaban J connectivity index is 2.01. The summed E-state index contributed by atoms with van der Waals surface area (Å²) in [4.78, 5) is 0. The van der Waals surface area contributed by atoms with Crippen molar-refractivity contribution in [2.24, 2.45) is 0 Å². The van der Waals surface area contributed by atoms with Crippen LogP contribution in [-0.2, 0) is 10.3 Å². The highest BCUT2D eigenvalue weighted by atomic mass is 16.5. The lowest BCUT2D eigenvalue weighted by molar-refractivity contribution is -0.0539. The Hall–Kier alpha value is -2.06. The van der Waals surface area contributed by atoms with E-state index in [0.29, 0.717) is 0 Å². The van der Waals surface area contributed by atoms with Crippen molar-refractivity contribution in [1.82, 2.24) is 0 Å². The Labute approximate surface area is 118 Å². The van der Waals surface area contributed by atoms with Gasteiger partial charge in [-0.2, -0.15) is 0 Å². The van der Waals surface area contributed by atoms with Gasteiger partial charge in [-0.3, -0.25) is 0 Å². The van der Waals surface area contributed by atoms with Crippen molar-refractivity contribution in [3.63, 3.8) is 0 Å². The molecule has 20 heavy (non-hydrogen) atoms. The van der Waals surface area contributed by atoms with Gasteiger partial charge in [0.05, 0.1) is 5.60 Å². The summed E-state index contributed by atoms with van der Waals surface area (Å²) in [6.45, 7) is 4.16. The second kappa shape index (κ2) is 3.74. The van der Waals surface area contributed by atoms with Crippen LogP contribution < -0.4 is 4.74 Å². The van der Waals surface area contributed by atoms with Crippen molar-refractivity contribution >= 4 is 0 Å². The molecular formula is C18H16O2. The van der Waals surface area contributed by atoms with Gasteiger partial charge in [0.15, 0.2) is 0 Å². The third-order valence-electron chi connectivity index (χ3n) is 3.94.